The number of hydrogen-bond acceptors (Lipinski definition) is 3. The van der Waals surface area contributed by atoms with Gasteiger partial charge in [-0.3, -0.25) is 4.79 Å². The molecule has 0 N–H and O–H groups in total. The minimum atomic E-state index is 0.157. The van der Waals surface area contributed by atoms with Crippen LogP contribution >= 0.6 is 0 Å². The molecule has 0 saturated heterocycles. The van der Waals surface area contributed by atoms with Crippen molar-refractivity contribution in [2.45, 2.75) is 13.3 Å². The third-order valence-corrected chi connectivity index (χ3v) is 3.38. The van der Waals surface area contributed by atoms with Gasteiger partial charge in [-0.1, -0.05) is 31.2 Å². The van der Waals surface area contributed by atoms with Crippen LogP contribution < -0.4 is 9.47 Å². The first kappa shape index (κ1) is 12.7. The van der Waals surface area contributed by atoms with Gasteiger partial charge < -0.3 is 9.47 Å². The molecule has 0 spiro atoms. The lowest BCUT2D eigenvalue weighted by Crippen LogP contribution is -2.15. The van der Waals surface area contributed by atoms with E-state index in [2.05, 4.69) is 0 Å². The summed E-state index contributed by atoms with van der Waals surface area (Å²) in [5.74, 6) is 1.70. The summed E-state index contributed by atoms with van der Waals surface area (Å²) in [5.41, 5.74) is 2.79. The van der Waals surface area contributed by atoms with Crippen LogP contribution in [0, 0.1) is 0 Å². The summed E-state index contributed by atoms with van der Waals surface area (Å²) < 4.78 is 11.1. The van der Waals surface area contributed by atoms with Crippen molar-refractivity contribution in [3.8, 4) is 22.6 Å². The second kappa shape index (κ2) is 5.37. The van der Waals surface area contributed by atoms with E-state index in [1.807, 2.05) is 49.4 Å². The Balaban J connectivity index is 1.98. The van der Waals surface area contributed by atoms with Gasteiger partial charge in [0.1, 0.15) is 13.2 Å². The summed E-state index contributed by atoms with van der Waals surface area (Å²) in [4.78, 5) is 11.8. The highest BCUT2D eigenvalue weighted by Gasteiger charge is 2.13. The number of carbonyl (C=O) groups is 1. The zero-order valence-electron chi connectivity index (χ0n) is 11.4. The maximum Gasteiger partial charge on any atom is 0.162 e. The number of ether oxygens (including phenoxy) is 2. The molecule has 1 aliphatic heterocycles. The van der Waals surface area contributed by atoms with Crippen LogP contribution in [0.2, 0.25) is 0 Å². The molecule has 20 heavy (non-hydrogen) atoms. The van der Waals surface area contributed by atoms with E-state index in [1.54, 1.807) is 0 Å². The molecule has 0 unspecified atom stereocenters. The molecule has 1 heterocycles. The Labute approximate surface area is 118 Å². The maximum atomic E-state index is 11.8. The molecule has 3 nitrogen and oxygen atoms in total. The summed E-state index contributed by atoms with van der Waals surface area (Å²) in [6.07, 6.45) is 0.518. The number of Topliss-reactive ketones (excluding diaryl/α,β-unsaturated/α-hetero) is 1. The van der Waals surface area contributed by atoms with E-state index in [9.17, 15) is 4.79 Å². The number of rotatable bonds is 3. The highest BCUT2D eigenvalue weighted by atomic mass is 16.6. The van der Waals surface area contributed by atoms with Gasteiger partial charge in [0.25, 0.3) is 0 Å². The quantitative estimate of drug-likeness (QED) is 0.796. The highest BCUT2D eigenvalue weighted by molar-refractivity contribution is 5.97. The van der Waals surface area contributed by atoms with Crippen molar-refractivity contribution >= 4 is 5.78 Å². The molecular formula is C17H16O3. The molecule has 0 bridgehead atoms. The fraction of sp³-hybridized carbons (Fsp3) is 0.235. The van der Waals surface area contributed by atoms with E-state index >= 15 is 0 Å². The van der Waals surface area contributed by atoms with Gasteiger partial charge in [-0.05, 0) is 29.3 Å². The monoisotopic (exact) mass is 268 g/mol. The van der Waals surface area contributed by atoms with Crippen molar-refractivity contribution in [3.05, 3.63) is 48.0 Å². The van der Waals surface area contributed by atoms with Crippen molar-refractivity contribution in [2.75, 3.05) is 13.2 Å². The molecule has 1 aliphatic rings. The zero-order valence-corrected chi connectivity index (χ0v) is 11.4. The highest BCUT2D eigenvalue weighted by Crippen LogP contribution is 2.34. The molecule has 0 saturated carbocycles. The molecule has 0 amide bonds. The van der Waals surface area contributed by atoms with E-state index in [-0.39, 0.29) is 5.78 Å². The zero-order chi connectivity index (χ0) is 13.9. The SMILES string of the molecule is CCC(=O)c1cccc(-c2ccc3c(c2)OCCO3)c1. The van der Waals surface area contributed by atoms with Gasteiger partial charge in [0.2, 0.25) is 0 Å². The first-order valence-electron chi connectivity index (χ1n) is 6.81. The van der Waals surface area contributed by atoms with Crippen molar-refractivity contribution in [1.29, 1.82) is 0 Å². The van der Waals surface area contributed by atoms with Gasteiger partial charge in [0.05, 0.1) is 0 Å². The van der Waals surface area contributed by atoms with Crippen LogP contribution in [-0.2, 0) is 0 Å². The van der Waals surface area contributed by atoms with Crippen LogP contribution in [0.25, 0.3) is 11.1 Å². The van der Waals surface area contributed by atoms with Crippen molar-refractivity contribution in [1.82, 2.24) is 0 Å². The van der Waals surface area contributed by atoms with E-state index in [4.69, 9.17) is 9.47 Å². The van der Waals surface area contributed by atoms with E-state index < -0.39 is 0 Å². The molecule has 0 aliphatic carbocycles. The summed E-state index contributed by atoms with van der Waals surface area (Å²) in [5, 5.41) is 0. The molecule has 0 aromatic heterocycles. The average Bonchev–Trinajstić information content (AvgIpc) is 2.53. The smallest absolute Gasteiger partial charge is 0.162 e. The predicted molar refractivity (Wildman–Crippen MR) is 77.5 cm³/mol. The fourth-order valence-electron chi connectivity index (χ4n) is 2.30. The van der Waals surface area contributed by atoms with Crippen LogP contribution in [0.5, 0.6) is 11.5 Å². The lowest BCUT2D eigenvalue weighted by molar-refractivity contribution is 0.0988. The van der Waals surface area contributed by atoms with Crippen LogP contribution in [0.3, 0.4) is 0 Å². The molecule has 3 heteroatoms. The van der Waals surface area contributed by atoms with Crippen molar-refractivity contribution in [3.63, 3.8) is 0 Å². The summed E-state index contributed by atoms with van der Waals surface area (Å²) in [6, 6.07) is 13.6. The number of carbonyl (C=O) groups excluding carboxylic acids is 1. The van der Waals surface area contributed by atoms with Crippen LogP contribution in [0.15, 0.2) is 42.5 Å². The standard InChI is InChI=1S/C17H16O3/c1-2-15(18)14-5-3-4-12(10-14)13-6-7-16-17(11-13)20-9-8-19-16/h3-7,10-11H,2,8-9H2,1H3. The van der Waals surface area contributed by atoms with E-state index in [1.165, 1.54) is 0 Å². The van der Waals surface area contributed by atoms with E-state index in [0.717, 1.165) is 28.2 Å². The Hall–Kier alpha value is -2.29. The third-order valence-electron chi connectivity index (χ3n) is 3.38. The second-order valence-electron chi connectivity index (χ2n) is 4.72. The number of ketones is 1. The van der Waals surface area contributed by atoms with Crippen LogP contribution in [0.1, 0.15) is 23.7 Å². The summed E-state index contributed by atoms with van der Waals surface area (Å²) >= 11 is 0. The minimum absolute atomic E-state index is 0.157. The Bertz CT molecular complexity index is 646. The number of fused-ring (bicyclic) bond motifs is 1. The summed E-state index contributed by atoms with van der Waals surface area (Å²) in [7, 11) is 0. The average molecular weight is 268 g/mol. The number of benzene rings is 2. The molecular weight excluding hydrogens is 252 g/mol. The minimum Gasteiger partial charge on any atom is -0.486 e. The van der Waals surface area contributed by atoms with Gasteiger partial charge in [0, 0.05) is 12.0 Å². The topological polar surface area (TPSA) is 35.5 Å². The molecule has 0 radical (unpaired) electrons. The Morgan fingerprint density at radius 1 is 1.00 bits per heavy atom. The Morgan fingerprint density at radius 2 is 1.75 bits per heavy atom. The molecule has 3 rings (SSSR count). The van der Waals surface area contributed by atoms with Gasteiger partial charge in [-0.2, -0.15) is 0 Å². The van der Waals surface area contributed by atoms with Gasteiger partial charge in [-0.25, -0.2) is 0 Å². The second-order valence-corrected chi connectivity index (χ2v) is 4.72. The Kier molecular flexibility index (Phi) is 3.42. The Morgan fingerprint density at radius 3 is 2.55 bits per heavy atom. The van der Waals surface area contributed by atoms with Crippen molar-refractivity contribution < 1.29 is 14.3 Å². The fourth-order valence-corrected chi connectivity index (χ4v) is 2.30. The lowest BCUT2D eigenvalue weighted by atomic mass is 10.00. The summed E-state index contributed by atoms with van der Waals surface area (Å²) in [6.45, 7) is 3.04. The van der Waals surface area contributed by atoms with Gasteiger partial charge >= 0.3 is 0 Å². The lowest BCUT2D eigenvalue weighted by Gasteiger charge is -2.19. The first-order chi connectivity index (χ1) is 9.78. The van der Waals surface area contributed by atoms with Crippen molar-refractivity contribution in [2.24, 2.45) is 0 Å². The molecule has 0 atom stereocenters. The first-order valence-corrected chi connectivity index (χ1v) is 6.81. The molecule has 2 aromatic rings. The number of hydrogen-bond donors (Lipinski definition) is 0. The molecule has 2 aromatic carbocycles. The largest absolute Gasteiger partial charge is 0.486 e. The van der Waals surface area contributed by atoms with Gasteiger partial charge in [0.15, 0.2) is 17.3 Å². The maximum absolute atomic E-state index is 11.8. The predicted octanol–water partition coefficient (Wildman–Crippen LogP) is 3.72. The molecule has 0 fully saturated rings. The normalized spacial score (nSPS) is 13.1. The van der Waals surface area contributed by atoms with Crippen LogP contribution in [-0.4, -0.2) is 19.0 Å². The van der Waals surface area contributed by atoms with Gasteiger partial charge in [-0.15, -0.1) is 0 Å². The van der Waals surface area contributed by atoms with Crippen LogP contribution in [0.4, 0.5) is 0 Å². The molecule has 102 valence electrons. The van der Waals surface area contributed by atoms with E-state index in [0.29, 0.717) is 19.6 Å². The third kappa shape index (κ3) is 2.39.